The Morgan fingerprint density at radius 3 is 0.874 bits per heavy atom. The highest BCUT2D eigenvalue weighted by Gasteiger charge is 2.62. The van der Waals surface area contributed by atoms with Gasteiger partial charge in [0, 0.05) is 18.6 Å². The zero-order valence-corrected chi connectivity index (χ0v) is 63.7. The van der Waals surface area contributed by atoms with Crippen LogP contribution in [0.2, 0.25) is 0 Å². The molecule has 6 aromatic rings. The number of nitrogens with two attached hydrogens (primary N) is 3. The van der Waals surface area contributed by atoms with Gasteiger partial charge in [-0.15, -0.1) is 0 Å². The van der Waals surface area contributed by atoms with Gasteiger partial charge in [0.05, 0.1) is 82.5 Å². The largest absolute Gasteiger partial charge is 0.463 e. The van der Waals surface area contributed by atoms with Gasteiger partial charge in [-0.05, 0) is 96.1 Å². The van der Waals surface area contributed by atoms with Crippen molar-refractivity contribution in [1.82, 2.24) is 28.7 Å². The number of benzene rings is 3. The number of alkyl halides is 6. The third-order valence-corrected chi connectivity index (χ3v) is 21.6. The number of aliphatic hydroxyl groups excluding tert-OH is 3. The summed E-state index contributed by atoms with van der Waals surface area (Å²) in [6, 6.07) is 25.8. The van der Waals surface area contributed by atoms with E-state index in [0.717, 1.165) is 36.8 Å². The maximum atomic E-state index is 15.7. The molecule has 42 heteroatoms. The number of rotatable bonds is 33. The maximum absolute atomic E-state index is 15.7. The van der Waals surface area contributed by atoms with E-state index in [2.05, 4.69) is 15.0 Å². The standard InChI is InChI=1S/3C23H30F2N3O8P/c3*1-14(2)34-20(30)15(3)12-37(32,36-16-7-5-4-6-8-16)33-11-17-19(29)23(25,13-24)21(35-17)28-10-9-18(26)27-22(28)31/h3*4-10,14-15,17,19,21,29H,11-13H2,1-3H3,(H2,26,27,31)/t15-,17-,19+,21-,23?,37?;15-,17-,19+,21-,23?,37+;15-,17-,19+,21-,23?,37-/m111/s1/i3*11D2. The van der Waals surface area contributed by atoms with Crippen LogP contribution in [0.5, 0.6) is 17.2 Å². The molecule has 3 saturated heterocycles. The minimum atomic E-state index is -4.63. The molecule has 3 aliphatic rings. The minimum Gasteiger partial charge on any atom is -0.463 e. The fourth-order valence-electron chi connectivity index (χ4n) is 10.5. The van der Waals surface area contributed by atoms with Gasteiger partial charge < -0.3 is 74.5 Å². The first-order valence-corrected chi connectivity index (χ1v) is 39.1. The van der Waals surface area contributed by atoms with E-state index in [0.29, 0.717) is 13.7 Å². The molecule has 0 aliphatic carbocycles. The molecule has 9 N–H and O–H groups in total. The van der Waals surface area contributed by atoms with Crippen molar-refractivity contribution in [2.45, 2.75) is 153 Å². The van der Waals surface area contributed by atoms with Gasteiger partial charge in [0.2, 0.25) is 17.0 Å². The van der Waals surface area contributed by atoms with Crippen molar-refractivity contribution in [1.29, 1.82) is 0 Å². The summed E-state index contributed by atoms with van der Waals surface area (Å²) in [6.07, 6.45) is -21.8. The molecule has 3 fully saturated rings. The predicted molar refractivity (Wildman–Crippen MR) is 386 cm³/mol. The Hall–Kier alpha value is -8.58. The van der Waals surface area contributed by atoms with E-state index in [4.69, 9.17) is 81.0 Å². The number of carbonyl (C=O) groups is 3. The fraction of sp³-hybridized carbons (Fsp3) is 0.522. The van der Waals surface area contributed by atoms with Crippen molar-refractivity contribution in [2.75, 3.05) is 75.4 Å². The first kappa shape index (κ1) is 80.5. The highest BCUT2D eigenvalue weighted by molar-refractivity contribution is 7.55. The molecule has 6 heterocycles. The summed E-state index contributed by atoms with van der Waals surface area (Å²) in [5.41, 5.74) is 2.84. The first-order valence-electron chi connectivity index (χ1n) is 36.9. The van der Waals surface area contributed by atoms with Crippen LogP contribution in [-0.2, 0) is 70.1 Å². The topological polar surface area (TPSA) is 457 Å². The average molecular weight is 1640 g/mol. The van der Waals surface area contributed by atoms with E-state index in [-0.39, 0.29) is 34.7 Å². The Kier molecular flexibility index (Phi) is 28.1. The molecule has 0 amide bonds. The quantitative estimate of drug-likeness (QED) is 0.00985. The third-order valence-electron chi connectivity index (χ3n) is 16.0. The molecule has 0 saturated carbocycles. The van der Waals surface area contributed by atoms with Gasteiger partial charge in [0.25, 0.3) is 0 Å². The number of aromatic nitrogens is 6. The number of aliphatic hydroxyl groups is 3. The van der Waals surface area contributed by atoms with Crippen LogP contribution in [0.3, 0.4) is 0 Å². The molecular formula is C69H90F6N9O24P3. The average Bonchev–Trinajstić information content (AvgIpc) is 1.60. The molecule has 0 spiro atoms. The van der Waals surface area contributed by atoms with Gasteiger partial charge in [0.1, 0.15) is 91.3 Å². The molecular weight excluding hydrogens is 1550 g/mol. The molecule has 612 valence electrons. The van der Waals surface area contributed by atoms with E-state index in [1.807, 2.05) is 0 Å². The Bertz CT molecular complexity index is 4270. The summed E-state index contributed by atoms with van der Waals surface area (Å²) in [5.74, 6) is -6.30. The van der Waals surface area contributed by atoms with Crippen LogP contribution in [0.25, 0.3) is 0 Å². The Morgan fingerprint density at radius 2 is 0.676 bits per heavy atom. The second kappa shape index (κ2) is 38.8. The lowest BCUT2D eigenvalue weighted by atomic mass is 9.97. The van der Waals surface area contributed by atoms with Gasteiger partial charge in [0.15, 0.2) is 18.7 Å². The lowest BCUT2D eigenvalue weighted by Gasteiger charge is -2.26. The molecule has 0 bridgehead atoms. The van der Waals surface area contributed by atoms with Crippen molar-refractivity contribution >= 4 is 58.1 Å². The number of anilines is 3. The van der Waals surface area contributed by atoms with Crippen molar-refractivity contribution in [3.8, 4) is 17.2 Å². The Morgan fingerprint density at radius 1 is 0.450 bits per heavy atom. The van der Waals surface area contributed by atoms with Crippen LogP contribution in [0.15, 0.2) is 142 Å². The molecule has 18 atom stereocenters. The van der Waals surface area contributed by atoms with Gasteiger partial charge in [-0.3, -0.25) is 41.7 Å². The van der Waals surface area contributed by atoms with E-state index in [1.165, 1.54) is 93.6 Å². The number of nitrogen functional groups attached to an aromatic ring is 3. The SMILES string of the molecule is [2H]C([2H])(OP(=O)(C[C@@H](C)C(=O)OC(C)C)Oc1ccccc1)[C@H]1O[C@@H](n2ccc(N)nc2=O)C(F)(CF)[C@H]1O.[2H]C([2H])(O[P@@](=O)(C[C@@H](C)C(=O)OC(C)C)Oc1ccccc1)[C@H]1O[C@@H](n2ccc(N)nc2=O)C(F)(CF)[C@H]1O.[2H]C([2H])(O[P@](=O)(C[C@@H](C)C(=O)OC(C)C)Oc1ccccc1)[C@H]1O[C@@H](n2ccc(N)nc2=O)C(F)(CF)[C@H]1O. The van der Waals surface area contributed by atoms with Gasteiger partial charge >= 0.3 is 57.8 Å². The van der Waals surface area contributed by atoms with E-state index in [1.54, 1.807) is 59.7 Å². The van der Waals surface area contributed by atoms with Crippen LogP contribution >= 0.6 is 22.8 Å². The second-order valence-corrected chi connectivity index (χ2v) is 32.1. The lowest BCUT2D eigenvalue weighted by Crippen LogP contribution is -2.47. The van der Waals surface area contributed by atoms with Crippen LogP contribution in [-0.4, -0.2) is 192 Å². The Balaban J connectivity index is 0.000000242. The third kappa shape index (κ3) is 23.3. The van der Waals surface area contributed by atoms with Gasteiger partial charge in [-0.25, -0.2) is 54.4 Å². The zero-order chi connectivity index (χ0) is 87.5. The highest BCUT2D eigenvalue weighted by Crippen LogP contribution is 2.55. The number of nitrogens with zero attached hydrogens (tertiary/aromatic N) is 6. The molecule has 111 heavy (non-hydrogen) atoms. The summed E-state index contributed by atoms with van der Waals surface area (Å²) in [7, 11) is -13.9. The monoisotopic (exact) mass is 1640 g/mol. The van der Waals surface area contributed by atoms with Crippen molar-refractivity contribution < 1.29 is 134 Å². The number of ether oxygens (including phenoxy) is 6. The summed E-state index contributed by atoms with van der Waals surface area (Å²) >= 11 is 0. The number of hydrogen-bond acceptors (Lipinski definition) is 30. The van der Waals surface area contributed by atoms with Crippen molar-refractivity contribution in [3.05, 3.63) is 159 Å². The molecule has 4 unspecified atom stereocenters. The van der Waals surface area contributed by atoms with Crippen LogP contribution in [0.1, 0.15) is 89.2 Å². The minimum absolute atomic E-state index is 0.00470. The lowest BCUT2D eigenvalue weighted by molar-refractivity contribution is -0.152. The van der Waals surface area contributed by atoms with Crippen LogP contribution in [0, 0.1) is 17.8 Å². The Labute approximate surface area is 640 Å². The smallest absolute Gasteiger partial charge is 0.380 e. The van der Waals surface area contributed by atoms with Crippen LogP contribution < -0.4 is 47.8 Å². The molecule has 33 nitrogen and oxygen atoms in total. The number of hydrogen-bond donors (Lipinski definition) is 6. The van der Waals surface area contributed by atoms with Gasteiger partial charge in [-0.2, -0.15) is 15.0 Å². The maximum Gasteiger partial charge on any atom is 0.380 e. The fourth-order valence-corrected chi connectivity index (χ4v) is 15.6. The zero-order valence-electron chi connectivity index (χ0n) is 67.0. The van der Waals surface area contributed by atoms with Gasteiger partial charge in [-0.1, -0.05) is 75.4 Å². The summed E-state index contributed by atoms with van der Waals surface area (Å²) in [4.78, 5) is 84.2. The number of halogens is 6. The number of esters is 3. The summed E-state index contributed by atoms with van der Waals surface area (Å²) < 4.78 is 246. The second-order valence-electron chi connectivity index (χ2n) is 26.3. The molecule has 9 rings (SSSR count). The molecule has 3 aliphatic heterocycles. The molecule has 3 aromatic heterocycles. The normalized spacial score (nSPS) is 27.2. The first-order chi connectivity index (χ1) is 54.3. The number of para-hydroxylation sites is 3. The van der Waals surface area contributed by atoms with Crippen molar-refractivity contribution in [2.24, 2.45) is 17.8 Å². The summed E-state index contributed by atoms with van der Waals surface area (Å²) in [5, 5.41) is 32.0. The molecule has 3 aromatic carbocycles. The number of carbonyl (C=O) groups excluding carboxylic acids is 3. The summed E-state index contributed by atoms with van der Waals surface area (Å²) in [6.45, 7) is -1.86. The highest BCUT2D eigenvalue weighted by atomic mass is 31.2. The van der Waals surface area contributed by atoms with E-state index in [9.17, 15) is 71.0 Å². The molecule has 0 radical (unpaired) electrons. The van der Waals surface area contributed by atoms with Crippen molar-refractivity contribution in [3.63, 3.8) is 0 Å². The van der Waals surface area contributed by atoms with E-state index >= 15 is 13.2 Å². The van der Waals surface area contributed by atoms with Crippen LogP contribution in [0.4, 0.5) is 43.8 Å². The van der Waals surface area contributed by atoms with E-state index < -0.39 is 224 Å². The predicted octanol–water partition coefficient (Wildman–Crippen LogP) is 7.91.